The summed E-state index contributed by atoms with van der Waals surface area (Å²) < 4.78 is 13.0. The van der Waals surface area contributed by atoms with E-state index < -0.39 is 0 Å². The Kier molecular flexibility index (Phi) is 3.64. The second kappa shape index (κ2) is 5.84. The molecule has 0 aliphatic carbocycles. The molecule has 2 heterocycles. The first kappa shape index (κ1) is 15.6. The van der Waals surface area contributed by atoms with Crippen molar-refractivity contribution in [2.24, 2.45) is 0 Å². The van der Waals surface area contributed by atoms with Crippen molar-refractivity contribution in [3.8, 4) is 22.8 Å². The summed E-state index contributed by atoms with van der Waals surface area (Å²) in [5, 5.41) is 8.33. The van der Waals surface area contributed by atoms with Gasteiger partial charge in [-0.25, -0.2) is 4.68 Å². The van der Waals surface area contributed by atoms with Gasteiger partial charge in [0.2, 0.25) is 0 Å². The maximum Gasteiger partial charge on any atom is 0.151 e. The summed E-state index contributed by atoms with van der Waals surface area (Å²) in [5.74, 6) is 1.59. The minimum atomic E-state index is -0.163. The third kappa shape index (κ3) is 2.52. The normalized spacial score (nSPS) is 15.1. The zero-order chi connectivity index (χ0) is 17.6. The molecule has 0 radical (unpaired) electrons. The lowest BCUT2D eigenvalue weighted by atomic mass is 10.0. The van der Waals surface area contributed by atoms with Crippen molar-refractivity contribution in [2.45, 2.75) is 20.0 Å². The number of nitrogens with one attached hydrogen (secondary N) is 1. The van der Waals surface area contributed by atoms with Gasteiger partial charge < -0.3 is 14.8 Å². The van der Waals surface area contributed by atoms with Crippen molar-refractivity contribution in [2.75, 3.05) is 19.5 Å². The Labute approximate surface area is 147 Å². The van der Waals surface area contributed by atoms with E-state index in [0.717, 1.165) is 34.1 Å². The molecule has 128 valence electrons. The van der Waals surface area contributed by atoms with Gasteiger partial charge in [0, 0.05) is 16.8 Å². The number of methoxy groups -OCH3 is 2. The third-order valence-corrected chi connectivity index (χ3v) is 4.58. The molecule has 2 aromatic carbocycles. The Balaban J connectivity index is 1.92. The summed E-state index contributed by atoms with van der Waals surface area (Å²) in [6, 6.07) is 14.4. The first-order valence-corrected chi connectivity index (χ1v) is 8.26. The predicted octanol–water partition coefficient (Wildman–Crippen LogP) is 4.16. The van der Waals surface area contributed by atoms with Crippen LogP contribution < -0.4 is 14.8 Å². The van der Waals surface area contributed by atoms with Crippen LogP contribution in [0.4, 0.5) is 5.69 Å². The Hall–Kier alpha value is -2.95. The number of benzene rings is 2. The molecule has 1 aliphatic heterocycles. The number of hydrogen-bond acceptors (Lipinski definition) is 4. The van der Waals surface area contributed by atoms with Gasteiger partial charge in [-0.15, -0.1) is 0 Å². The maximum atomic E-state index is 5.59. The van der Waals surface area contributed by atoms with Crippen molar-refractivity contribution in [1.82, 2.24) is 9.78 Å². The van der Waals surface area contributed by atoms with Crippen LogP contribution >= 0.6 is 0 Å². The molecular weight excluding hydrogens is 314 g/mol. The first-order valence-electron chi connectivity index (χ1n) is 8.26. The van der Waals surface area contributed by atoms with E-state index in [1.165, 1.54) is 11.1 Å². The number of anilines is 1. The Morgan fingerprint density at radius 1 is 1.00 bits per heavy atom. The van der Waals surface area contributed by atoms with Gasteiger partial charge in [-0.3, -0.25) is 0 Å². The monoisotopic (exact) mass is 335 g/mol. The van der Waals surface area contributed by atoms with Crippen molar-refractivity contribution >= 4 is 5.69 Å². The highest BCUT2D eigenvalue weighted by molar-refractivity contribution is 5.79. The van der Waals surface area contributed by atoms with E-state index in [2.05, 4.69) is 36.5 Å². The molecule has 4 rings (SSSR count). The fourth-order valence-electron chi connectivity index (χ4n) is 3.38. The molecule has 0 unspecified atom stereocenters. The lowest BCUT2D eigenvalue weighted by molar-refractivity contribution is 0.391. The van der Waals surface area contributed by atoms with Crippen LogP contribution in [0, 0.1) is 13.8 Å². The average Bonchev–Trinajstić information content (AvgIpc) is 3.02. The van der Waals surface area contributed by atoms with E-state index in [1.807, 2.05) is 29.8 Å². The summed E-state index contributed by atoms with van der Waals surface area (Å²) in [4.78, 5) is 0. The second-order valence-corrected chi connectivity index (χ2v) is 6.32. The van der Waals surface area contributed by atoms with Crippen LogP contribution in [0.3, 0.4) is 0 Å². The number of aromatic nitrogens is 2. The average molecular weight is 335 g/mol. The minimum Gasteiger partial charge on any atom is -0.497 e. The van der Waals surface area contributed by atoms with Crippen LogP contribution in [0.1, 0.15) is 23.0 Å². The van der Waals surface area contributed by atoms with Gasteiger partial charge in [0.25, 0.3) is 0 Å². The van der Waals surface area contributed by atoms with Gasteiger partial charge in [0.05, 0.1) is 25.6 Å². The number of rotatable bonds is 3. The smallest absolute Gasteiger partial charge is 0.151 e. The van der Waals surface area contributed by atoms with Gasteiger partial charge in [-0.1, -0.05) is 11.6 Å². The van der Waals surface area contributed by atoms with Crippen molar-refractivity contribution in [1.29, 1.82) is 0 Å². The summed E-state index contributed by atoms with van der Waals surface area (Å²) in [6.45, 7) is 4.12. The molecule has 0 spiro atoms. The molecule has 5 nitrogen and oxygen atoms in total. The minimum absolute atomic E-state index is 0.163. The first-order chi connectivity index (χ1) is 12.1. The van der Waals surface area contributed by atoms with Crippen LogP contribution in [-0.2, 0) is 0 Å². The molecule has 25 heavy (non-hydrogen) atoms. The number of fused-ring (bicyclic) bond motifs is 3. The quantitative estimate of drug-likeness (QED) is 0.781. The van der Waals surface area contributed by atoms with Crippen LogP contribution in [0.15, 0.2) is 42.5 Å². The van der Waals surface area contributed by atoms with Crippen LogP contribution in [-0.4, -0.2) is 24.0 Å². The van der Waals surface area contributed by atoms with E-state index in [4.69, 9.17) is 14.6 Å². The molecule has 1 aliphatic rings. The third-order valence-electron chi connectivity index (χ3n) is 4.58. The van der Waals surface area contributed by atoms with Gasteiger partial charge in [-0.2, -0.15) is 5.10 Å². The van der Waals surface area contributed by atoms with Gasteiger partial charge in [-0.05, 0) is 50.2 Å². The number of hydrogen-bond donors (Lipinski definition) is 1. The van der Waals surface area contributed by atoms with E-state index in [1.54, 1.807) is 14.2 Å². The molecule has 0 saturated heterocycles. The summed E-state index contributed by atoms with van der Waals surface area (Å²) >= 11 is 0. The standard InChI is InChI=1S/C20H21N3O2/c1-12-5-7-17-15(9-12)18-10-13(2)22-23(18)20(21-17)16-11-14(24-3)6-8-19(16)25-4/h5-11,20-21H,1-4H3/t20-/m1/s1. The molecule has 0 bridgehead atoms. The lowest BCUT2D eigenvalue weighted by Gasteiger charge is -2.30. The molecule has 0 saturated carbocycles. The van der Waals surface area contributed by atoms with Crippen LogP contribution in [0.25, 0.3) is 11.3 Å². The second-order valence-electron chi connectivity index (χ2n) is 6.32. The van der Waals surface area contributed by atoms with E-state index in [9.17, 15) is 0 Å². The fraction of sp³-hybridized carbons (Fsp3) is 0.250. The molecule has 1 N–H and O–H groups in total. The molecular formula is C20H21N3O2. The number of nitrogens with zero attached hydrogens (tertiary/aromatic N) is 2. The van der Waals surface area contributed by atoms with Gasteiger partial charge in [0.1, 0.15) is 11.5 Å². The highest BCUT2D eigenvalue weighted by Crippen LogP contribution is 2.41. The zero-order valence-corrected chi connectivity index (χ0v) is 14.8. The van der Waals surface area contributed by atoms with E-state index in [0.29, 0.717) is 0 Å². The predicted molar refractivity (Wildman–Crippen MR) is 98.4 cm³/mol. The lowest BCUT2D eigenvalue weighted by Crippen LogP contribution is -2.26. The van der Waals surface area contributed by atoms with E-state index in [-0.39, 0.29) is 6.17 Å². The summed E-state index contributed by atoms with van der Waals surface area (Å²) in [5.41, 5.74) is 6.55. The number of aryl methyl sites for hydroxylation is 2. The largest absolute Gasteiger partial charge is 0.497 e. The summed E-state index contributed by atoms with van der Waals surface area (Å²) in [6.07, 6.45) is -0.163. The van der Waals surface area contributed by atoms with Crippen LogP contribution in [0.5, 0.6) is 11.5 Å². The number of ether oxygens (including phenoxy) is 2. The molecule has 1 aromatic heterocycles. The topological polar surface area (TPSA) is 48.3 Å². The molecule has 5 heteroatoms. The summed E-state index contributed by atoms with van der Waals surface area (Å²) in [7, 11) is 3.35. The molecule has 0 fully saturated rings. The van der Waals surface area contributed by atoms with E-state index >= 15 is 0 Å². The Morgan fingerprint density at radius 3 is 2.60 bits per heavy atom. The maximum absolute atomic E-state index is 5.59. The van der Waals surface area contributed by atoms with Crippen molar-refractivity contribution in [3.05, 3.63) is 59.3 Å². The zero-order valence-electron chi connectivity index (χ0n) is 14.8. The highest BCUT2D eigenvalue weighted by atomic mass is 16.5. The Bertz CT molecular complexity index is 946. The molecule has 1 atom stereocenters. The SMILES string of the molecule is COc1ccc(OC)c([C@@H]2Nc3ccc(C)cc3-c3cc(C)nn32)c1. The highest BCUT2D eigenvalue weighted by Gasteiger charge is 2.28. The van der Waals surface area contributed by atoms with Crippen LogP contribution in [0.2, 0.25) is 0 Å². The fourth-order valence-corrected chi connectivity index (χ4v) is 3.38. The van der Waals surface area contributed by atoms with Gasteiger partial charge >= 0.3 is 0 Å². The molecule has 3 aromatic rings. The Morgan fingerprint density at radius 2 is 1.84 bits per heavy atom. The van der Waals surface area contributed by atoms with Gasteiger partial charge in [0.15, 0.2) is 6.17 Å². The van der Waals surface area contributed by atoms with Crippen molar-refractivity contribution < 1.29 is 9.47 Å². The van der Waals surface area contributed by atoms with Crippen molar-refractivity contribution in [3.63, 3.8) is 0 Å². The molecule has 0 amide bonds.